The van der Waals surface area contributed by atoms with Gasteiger partial charge >= 0.3 is 0 Å². The minimum absolute atomic E-state index is 0.275. The van der Waals surface area contributed by atoms with E-state index in [1.165, 1.54) is 11.8 Å². The van der Waals surface area contributed by atoms with Crippen LogP contribution in [0.5, 0.6) is 0 Å². The molecule has 8 nitrogen and oxygen atoms in total. The molecule has 0 saturated carbocycles. The van der Waals surface area contributed by atoms with Crippen molar-refractivity contribution in [2.75, 3.05) is 51.7 Å². The summed E-state index contributed by atoms with van der Waals surface area (Å²) in [6.45, 7) is 5.57. The number of hydrogen-bond acceptors (Lipinski definition) is 8. The van der Waals surface area contributed by atoms with Gasteiger partial charge in [-0.1, -0.05) is 24.2 Å². The maximum absolute atomic E-state index is 12.9. The first-order chi connectivity index (χ1) is 14.1. The maximum atomic E-state index is 12.9. The third-order valence-corrected chi connectivity index (χ3v) is 7.87. The number of nitrogens with zero attached hydrogens (tertiary/aromatic N) is 4. The normalized spacial score (nSPS) is 19.4. The van der Waals surface area contributed by atoms with E-state index in [0.29, 0.717) is 29.8 Å². The topological polar surface area (TPSA) is 88.8 Å². The molecule has 2 aromatic rings. The Morgan fingerprint density at radius 2 is 1.83 bits per heavy atom. The molecule has 3 heterocycles. The average Bonchev–Trinajstić information content (AvgIpc) is 3.24. The number of aromatic nitrogens is 2. The Bertz CT molecular complexity index is 906. The molecule has 2 saturated heterocycles. The minimum Gasteiger partial charge on any atom is -0.411 e. The Morgan fingerprint density at radius 1 is 1.03 bits per heavy atom. The molecular weight excluding hydrogens is 412 g/mol. The van der Waals surface area contributed by atoms with Crippen LogP contribution >= 0.6 is 11.8 Å². The molecule has 0 bridgehead atoms. The molecule has 0 spiro atoms. The van der Waals surface area contributed by atoms with Gasteiger partial charge in [0, 0.05) is 44.0 Å². The summed E-state index contributed by atoms with van der Waals surface area (Å²) in [6.07, 6.45) is 2.90. The van der Waals surface area contributed by atoms with Crippen molar-refractivity contribution in [1.29, 1.82) is 0 Å². The van der Waals surface area contributed by atoms with Crippen LogP contribution in [0, 0.1) is 0 Å². The number of morpholine rings is 1. The molecule has 2 aliphatic heterocycles. The quantitative estimate of drug-likeness (QED) is 0.609. The number of sulfonamides is 1. The van der Waals surface area contributed by atoms with Gasteiger partial charge in [-0.15, -0.1) is 10.2 Å². The molecule has 2 aliphatic rings. The van der Waals surface area contributed by atoms with Gasteiger partial charge in [0.15, 0.2) is 0 Å². The van der Waals surface area contributed by atoms with Crippen LogP contribution < -0.4 is 0 Å². The van der Waals surface area contributed by atoms with Crippen molar-refractivity contribution in [2.45, 2.75) is 29.4 Å². The van der Waals surface area contributed by atoms with E-state index in [1.807, 2.05) is 0 Å². The summed E-state index contributed by atoms with van der Waals surface area (Å²) in [5, 5.41) is 8.71. The molecular formula is C19H26N4O4S2. The molecule has 0 N–H and O–H groups in total. The Kier molecular flexibility index (Phi) is 6.86. The van der Waals surface area contributed by atoms with Crippen molar-refractivity contribution in [3.05, 3.63) is 24.3 Å². The van der Waals surface area contributed by atoms with E-state index in [1.54, 1.807) is 28.6 Å². The third-order valence-electron chi connectivity index (χ3n) is 5.18. The molecule has 0 amide bonds. The molecule has 158 valence electrons. The lowest BCUT2D eigenvalue weighted by molar-refractivity contribution is 0.0410. The molecule has 0 atom stereocenters. The van der Waals surface area contributed by atoms with Crippen molar-refractivity contribution in [2.24, 2.45) is 0 Å². The van der Waals surface area contributed by atoms with Crippen molar-refractivity contribution in [3.8, 4) is 11.5 Å². The van der Waals surface area contributed by atoms with Gasteiger partial charge in [0.05, 0.1) is 18.1 Å². The van der Waals surface area contributed by atoms with Gasteiger partial charge in [-0.3, -0.25) is 4.90 Å². The highest BCUT2D eigenvalue weighted by molar-refractivity contribution is 7.99. The van der Waals surface area contributed by atoms with E-state index in [2.05, 4.69) is 15.1 Å². The largest absolute Gasteiger partial charge is 0.411 e. The average molecular weight is 439 g/mol. The maximum Gasteiger partial charge on any atom is 0.276 e. The number of ether oxygens (including phenoxy) is 1. The highest BCUT2D eigenvalue weighted by atomic mass is 32.2. The first-order valence-electron chi connectivity index (χ1n) is 10.00. The smallest absolute Gasteiger partial charge is 0.276 e. The fraction of sp³-hybridized carbons (Fsp3) is 0.579. The standard InChI is InChI=1S/C19H26N4O4S2/c24-29(25,23-7-2-1-3-8-23)17-6-4-5-16(15-17)18-20-21-19(27-18)28-14-11-22-9-12-26-13-10-22/h4-6,15H,1-3,7-14H2. The fourth-order valence-electron chi connectivity index (χ4n) is 3.52. The number of rotatable bonds is 7. The van der Waals surface area contributed by atoms with E-state index in [4.69, 9.17) is 9.15 Å². The Hall–Kier alpha value is -1.46. The number of benzene rings is 1. The van der Waals surface area contributed by atoms with Crippen molar-refractivity contribution in [1.82, 2.24) is 19.4 Å². The van der Waals surface area contributed by atoms with Crippen LogP contribution in [0.2, 0.25) is 0 Å². The number of piperidine rings is 1. The van der Waals surface area contributed by atoms with Gasteiger partial charge in [-0.05, 0) is 31.0 Å². The summed E-state index contributed by atoms with van der Waals surface area (Å²) < 4.78 is 38.5. The lowest BCUT2D eigenvalue weighted by Crippen LogP contribution is -2.37. The van der Waals surface area contributed by atoms with Gasteiger partial charge in [0.25, 0.3) is 5.22 Å². The Labute approximate surface area is 175 Å². The summed E-state index contributed by atoms with van der Waals surface area (Å²) in [5.74, 6) is 1.19. The summed E-state index contributed by atoms with van der Waals surface area (Å²) in [6, 6.07) is 6.77. The SMILES string of the molecule is O=S(=O)(c1cccc(-c2nnc(SCCN3CCOCC3)o2)c1)N1CCCCC1. The molecule has 0 radical (unpaired) electrons. The molecule has 4 rings (SSSR count). The summed E-state index contributed by atoms with van der Waals surface area (Å²) in [5.41, 5.74) is 0.621. The third kappa shape index (κ3) is 5.18. The summed E-state index contributed by atoms with van der Waals surface area (Å²) >= 11 is 1.51. The molecule has 1 aromatic heterocycles. The van der Waals surface area contributed by atoms with Crippen LogP contribution in [-0.4, -0.2) is 79.5 Å². The number of thioether (sulfide) groups is 1. The predicted octanol–water partition coefficient (Wildman–Crippen LogP) is 2.34. The van der Waals surface area contributed by atoms with Crippen LogP contribution in [-0.2, 0) is 14.8 Å². The van der Waals surface area contributed by atoms with Crippen LogP contribution in [0.15, 0.2) is 38.8 Å². The zero-order valence-corrected chi connectivity index (χ0v) is 18.0. The van der Waals surface area contributed by atoms with Gasteiger partial charge in [0.2, 0.25) is 15.9 Å². The second-order valence-corrected chi connectivity index (χ2v) is 10.2. The minimum atomic E-state index is -3.49. The fourth-order valence-corrected chi connectivity index (χ4v) is 5.84. The second kappa shape index (κ2) is 9.57. The van der Waals surface area contributed by atoms with E-state index < -0.39 is 10.0 Å². The Morgan fingerprint density at radius 3 is 2.62 bits per heavy atom. The summed E-state index contributed by atoms with van der Waals surface area (Å²) in [4.78, 5) is 2.62. The van der Waals surface area contributed by atoms with E-state index >= 15 is 0 Å². The van der Waals surface area contributed by atoms with Crippen molar-refractivity contribution in [3.63, 3.8) is 0 Å². The van der Waals surface area contributed by atoms with Crippen molar-refractivity contribution < 1.29 is 17.6 Å². The first kappa shape index (κ1) is 20.8. The molecule has 2 fully saturated rings. The van der Waals surface area contributed by atoms with Gasteiger partial charge in [-0.25, -0.2) is 8.42 Å². The van der Waals surface area contributed by atoms with Gasteiger partial charge in [0.1, 0.15) is 0 Å². The molecule has 10 heteroatoms. The monoisotopic (exact) mass is 438 g/mol. The highest BCUT2D eigenvalue weighted by Gasteiger charge is 2.26. The van der Waals surface area contributed by atoms with E-state index in [0.717, 1.165) is 57.9 Å². The first-order valence-corrected chi connectivity index (χ1v) is 12.4. The highest BCUT2D eigenvalue weighted by Crippen LogP contribution is 2.27. The van der Waals surface area contributed by atoms with Crippen LogP contribution in [0.1, 0.15) is 19.3 Å². The number of hydrogen-bond donors (Lipinski definition) is 0. The second-order valence-electron chi connectivity index (χ2n) is 7.17. The van der Waals surface area contributed by atoms with Gasteiger partial charge < -0.3 is 9.15 Å². The van der Waals surface area contributed by atoms with Crippen molar-refractivity contribution >= 4 is 21.8 Å². The zero-order valence-electron chi connectivity index (χ0n) is 16.3. The van der Waals surface area contributed by atoms with Crippen LogP contribution in [0.3, 0.4) is 0 Å². The van der Waals surface area contributed by atoms with E-state index in [-0.39, 0.29) is 4.90 Å². The zero-order chi connectivity index (χ0) is 20.1. The lowest BCUT2D eigenvalue weighted by Gasteiger charge is -2.26. The lowest BCUT2D eigenvalue weighted by atomic mass is 10.2. The Balaban J connectivity index is 1.40. The van der Waals surface area contributed by atoms with Crippen LogP contribution in [0.25, 0.3) is 11.5 Å². The molecule has 0 unspecified atom stereocenters. The molecule has 1 aromatic carbocycles. The predicted molar refractivity (Wildman–Crippen MR) is 110 cm³/mol. The van der Waals surface area contributed by atoms with Crippen LogP contribution in [0.4, 0.5) is 0 Å². The molecule has 0 aliphatic carbocycles. The van der Waals surface area contributed by atoms with E-state index in [9.17, 15) is 8.42 Å². The van der Waals surface area contributed by atoms with Gasteiger partial charge in [-0.2, -0.15) is 4.31 Å². The molecule has 29 heavy (non-hydrogen) atoms. The summed E-state index contributed by atoms with van der Waals surface area (Å²) in [7, 11) is -3.49.